The molecule has 0 radical (unpaired) electrons. The van der Waals surface area contributed by atoms with E-state index in [4.69, 9.17) is 9.47 Å². The SMILES string of the molecule is CCOC(=O)c1ccc(N2C(=O)NC(=O)/C(=C\c3cc(Br)c(Cc4cccc(F)c4)c(OCC)c3)C2=O)cc1. The van der Waals surface area contributed by atoms with Crippen LogP contribution in [0.15, 0.2) is 70.7 Å². The quantitative estimate of drug-likeness (QED) is 0.212. The van der Waals surface area contributed by atoms with E-state index in [2.05, 4.69) is 21.2 Å². The van der Waals surface area contributed by atoms with Crippen LogP contribution in [0.1, 0.15) is 40.9 Å². The number of carbonyl (C=O) groups excluding carboxylic acids is 4. The minimum atomic E-state index is -0.910. The number of hydrogen-bond acceptors (Lipinski definition) is 6. The van der Waals surface area contributed by atoms with Gasteiger partial charge in [-0.05, 0) is 79.6 Å². The fourth-order valence-corrected chi connectivity index (χ4v) is 4.64. The van der Waals surface area contributed by atoms with Crippen molar-refractivity contribution >= 4 is 51.5 Å². The molecule has 3 aromatic carbocycles. The van der Waals surface area contributed by atoms with Crippen molar-refractivity contribution in [1.82, 2.24) is 5.32 Å². The van der Waals surface area contributed by atoms with E-state index in [0.717, 1.165) is 16.0 Å². The molecule has 4 amide bonds. The Hall–Kier alpha value is -4.31. The average molecular weight is 595 g/mol. The Morgan fingerprint density at radius 2 is 1.77 bits per heavy atom. The summed E-state index contributed by atoms with van der Waals surface area (Å²) < 4.78 is 25.1. The number of halogens is 2. The molecule has 0 bridgehead atoms. The maximum Gasteiger partial charge on any atom is 0.338 e. The van der Waals surface area contributed by atoms with Crippen LogP contribution in [-0.2, 0) is 20.7 Å². The maximum absolute atomic E-state index is 13.7. The Bertz CT molecular complexity index is 1490. The van der Waals surface area contributed by atoms with Gasteiger partial charge in [-0.2, -0.15) is 0 Å². The molecule has 3 aromatic rings. The summed E-state index contributed by atoms with van der Waals surface area (Å²) in [6.45, 7) is 4.06. The fraction of sp³-hybridized carbons (Fsp3) is 0.172. The lowest BCUT2D eigenvalue weighted by Crippen LogP contribution is -2.54. The molecule has 1 aliphatic heterocycles. The Kier molecular flexibility index (Phi) is 8.55. The van der Waals surface area contributed by atoms with Crippen LogP contribution in [0.25, 0.3) is 6.08 Å². The Labute approximate surface area is 232 Å². The van der Waals surface area contributed by atoms with E-state index in [-0.39, 0.29) is 29.2 Å². The number of barbiturate groups is 1. The van der Waals surface area contributed by atoms with Gasteiger partial charge in [0.2, 0.25) is 0 Å². The van der Waals surface area contributed by atoms with Gasteiger partial charge < -0.3 is 9.47 Å². The van der Waals surface area contributed by atoms with Crippen molar-refractivity contribution in [1.29, 1.82) is 0 Å². The Morgan fingerprint density at radius 1 is 1.03 bits per heavy atom. The number of esters is 1. The van der Waals surface area contributed by atoms with E-state index in [0.29, 0.717) is 28.8 Å². The summed E-state index contributed by atoms with van der Waals surface area (Å²) in [5.41, 5.74) is 2.14. The first-order valence-electron chi connectivity index (χ1n) is 12.1. The lowest BCUT2D eigenvalue weighted by Gasteiger charge is -2.26. The number of ether oxygens (including phenoxy) is 2. The molecule has 1 N–H and O–H groups in total. The predicted octanol–water partition coefficient (Wildman–Crippen LogP) is 5.42. The molecule has 0 aromatic heterocycles. The predicted molar refractivity (Wildman–Crippen MR) is 146 cm³/mol. The highest BCUT2D eigenvalue weighted by atomic mass is 79.9. The van der Waals surface area contributed by atoms with Gasteiger partial charge in [-0.1, -0.05) is 28.1 Å². The number of carbonyl (C=O) groups is 4. The summed E-state index contributed by atoms with van der Waals surface area (Å²) in [6, 6.07) is 14.4. The number of nitrogens with one attached hydrogen (secondary N) is 1. The molecule has 39 heavy (non-hydrogen) atoms. The number of imide groups is 2. The van der Waals surface area contributed by atoms with Crippen LogP contribution in [0, 0.1) is 5.82 Å². The molecule has 0 spiro atoms. The molecule has 0 atom stereocenters. The molecular weight excluding hydrogens is 571 g/mol. The van der Waals surface area contributed by atoms with E-state index < -0.39 is 23.8 Å². The van der Waals surface area contributed by atoms with Crippen LogP contribution in [-0.4, -0.2) is 37.0 Å². The first kappa shape index (κ1) is 27.7. The molecule has 200 valence electrons. The molecule has 0 unspecified atom stereocenters. The minimum absolute atomic E-state index is 0.172. The first-order valence-corrected chi connectivity index (χ1v) is 12.9. The smallest absolute Gasteiger partial charge is 0.338 e. The van der Waals surface area contributed by atoms with Crippen molar-refractivity contribution in [2.24, 2.45) is 0 Å². The number of benzene rings is 3. The van der Waals surface area contributed by atoms with Crippen molar-refractivity contribution in [2.75, 3.05) is 18.1 Å². The van der Waals surface area contributed by atoms with Crippen LogP contribution in [0.4, 0.5) is 14.9 Å². The molecule has 1 saturated heterocycles. The number of anilines is 1. The number of nitrogens with zero attached hydrogens (tertiary/aromatic N) is 1. The molecule has 1 aliphatic rings. The highest BCUT2D eigenvalue weighted by Crippen LogP contribution is 2.33. The fourth-order valence-electron chi connectivity index (χ4n) is 4.04. The number of amides is 4. The van der Waals surface area contributed by atoms with Crippen molar-refractivity contribution in [3.63, 3.8) is 0 Å². The van der Waals surface area contributed by atoms with E-state index >= 15 is 0 Å². The third-order valence-electron chi connectivity index (χ3n) is 5.80. The van der Waals surface area contributed by atoms with Crippen molar-refractivity contribution in [3.8, 4) is 5.75 Å². The standard InChI is InChI=1S/C29H24BrFN2O6/c1-3-38-25-16-18(15-24(30)22(25)13-17-6-5-7-20(31)12-17)14-23-26(34)32-29(37)33(27(23)35)21-10-8-19(9-11-21)28(36)39-4-2/h5-12,14-16H,3-4,13H2,1-2H3,(H,32,34,37)/b23-14+. The average Bonchev–Trinajstić information content (AvgIpc) is 2.89. The van der Waals surface area contributed by atoms with Gasteiger partial charge in [-0.15, -0.1) is 0 Å². The summed E-state index contributed by atoms with van der Waals surface area (Å²) in [4.78, 5) is 51.3. The van der Waals surface area contributed by atoms with Gasteiger partial charge in [0.1, 0.15) is 17.1 Å². The molecule has 4 rings (SSSR count). The van der Waals surface area contributed by atoms with E-state index in [9.17, 15) is 23.6 Å². The lowest BCUT2D eigenvalue weighted by molar-refractivity contribution is -0.122. The summed E-state index contributed by atoms with van der Waals surface area (Å²) in [6.07, 6.45) is 1.75. The maximum atomic E-state index is 13.7. The highest BCUT2D eigenvalue weighted by Gasteiger charge is 2.37. The van der Waals surface area contributed by atoms with E-state index in [1.807, 2.05) is 6.92 Å². The van der Waals surface area contributed by atoms with Gasteiger partial charge in [0.15, 0.2) is 0 Å². The van der Waals surface area contributed by atoms with Crippen LogP contribution >= 0.6 is 15.9 Å². The molecule has 10 heteroatoms. The van der Waals surface area contributed by atoms with Gasteiger partial charge >= 0.3 is 12.0 Å². The minimum Gasteiger partial charge on any atom is -0.494 e. The first-order chi connectivity index (χ1) is 18.7. The van der Waals surface area contributed by atoms with Crippen molar-refractivity contribution in [2.45, 2.75) is 20.3 Å². The number of rotatable bonds is 8. The third-order valence-corrected chi connectivity index (χ3v) is 6.50. The highest BCUT2D eigenvalue weighted by molar-refractivity contribution is 9.10. The zero-order chi connectivity index (χ0) is 28.1. The third kappa shape index (κ3) is 6.23. The Balaban J connectivity index is 1.67. The zero-order valence-electron chi connectivity index (χ0n) is 21.1. The van der Waals surface area contributed by atoms with Gasteiger partial charge in [0, 0.05) is 16.5 Å². The molecule has 1 heterocycles. The molecular formula is C29H24BrFN2O6. The molecule has 8 nitrogen and oxygen atoms in total. The Morgan fingerprint density at radius 3 is 2.44 bits per heavy atom. The normalized spacial score (nSPS) is 14.4. The van der Waals surface area contributed by atoms with Crippen molar-refractivity contribution < 1.29 is 33.0 Å². The second kappa shape index (κ2) is 12.0. The van der Waals surface area contributed by atoms with E-state index in [1.54, 1.807) is 31.2 Å². The lowest BCUT2D eigenvalue weighted by atomic mass is 10.0. The van der Waals surface area contributed by atoms with Gasteiger partial charge in [-0.3, -0.25) is 14.9 Å². The zero-order valence-corrected chi connectivity index (χ0v) is 22.7. The van der Waals surface area contributed by atoms with Crippen LogP contribution < -0.4 is 15.0 Å². The van der Waals surface area contributed by atoms with Crippen LogP contribution in [0.2, 0.25) is 0 Å². The van der Waals surface area contributed by atoms with E-state index in [1.165, 1.54) is 42.5 Å². The van der Waals surface area contributed by atoms with Crippen molar-refractivity contribution in [3.05, 3.63) is 98.8 Å². The second-order valence-electron chi connectivity index (χ2n) is 8.44. The van der Waals surface area contributed by atoms with Crippen LogP contribution in [0.3, 0.4) is 0 Å². The largest absolute Gasteiger partial charge is 0.494 e. The van der Waals surface area contributed by atoms with Gasteiger partial charge in [-0.25, -0.2) is 18.9 Å². The number of urea groups is 1. The summed E-state index contributed by atoms with van der Waals surface area (Å²) in [5.74, 6) is -2.06. The topological polar surface area (TPSA) is 102 Å². The van der Waals surface area contributed by atoms with Gasteiger partial charge in [0.25, 0.3) is 11.8 Å². The summed E-state index contributed by atoms with van der Waals surface area (Å²) >= 11 is 3.54. The molecule has 0 aliphatic carbocycles. The van der Waals surface area contributed by atoms with Gasteiger partial charge in [0.05, 0.1) is 24.5 Å². The molecule has 0 saturated carbocycles. The second-order valence-corrected chi connectivity index (χ2v) is 9.30. The monoisotopic (exact) mass is 594 g/mol. The summed E-state index contributed by atoms with van der Waals surface area (Å²) in [5, 5.41) is 2.18. The van der Waals surface area contributed by atoms with Crippen LogP contribution in [0.5, 0.6) is 5.75 Å². The number of hydrogen-bond donors (Lipinski definition) is 1. The molecule has 1 fully saturated rings. The summed E-state index contributed by atoms with van der Waals surface area (Å²) in [7, 11) is 0.